The third-order valence-corrected chi connectivity index (χ3v) is 2.14. The lowest BCUT2D eigenvalue weighted by Crippen LogP contribution is -1.99. The quantitative estimate of drug-likeness (QED) is 0.819. The number of nitrogens with two attached hydrogens (primary N) is 1. The molecule has 0 unspecified atom stereocenters. The van der Waals surface area contributed by atoms with Gasteiger partial charge >= 0.3 is 0 Å². The van der Waals surface area contributed by atoms with Crippen molar-refractivity contribution in [3.8, 4) is 11.5 Å². The predicted molar refractivity (Wildman–Crippen MR) is 54.5 cm³/mol. The van der Waals surface area contributed by atoms with Crippen LogP contribution in [0.15, 0.2) is 28.8 Å². The highest BCUT2D eigenvalue weighted by molar-refractivity contribution is 5.58. The van der Waals surface area contributed by atoms with E-state index in [9.17, 15) is 4.39 Å². The molecule has 0 aliphatic heterocycles. The van der Waals surface area contributed by atoms with Crippen molar-refractivity contribution in [3.05, 3.63) is 41.5 Å². The Morgan fingerprint density at radius 1 is 1.47 bits per heavy atom. The molecule has 0 aliphatic carbocycles. The number of hydrogen-bond acceptors (Lipinski definition) is 3. The van der Waals surface area contributed by atoms with Gasteiger partial charge in [-0.25, -0.2) is 9.37 Å². The fourth-order valence-corrected chi connectivity index (χ4v) is 1.41. The molecule has 2 N–H and O–H groups in total. The Morgan fingerprint density at radius 2 is 2.27 bits per heavy atom. The lowest BCUT2D eigenvalue weighted by molar-refractivity contribution is 0.540. The minimum Gasteiger partial charge on any atom is -0.441 e. The second kappa shape index (κ2) is 3.82. The molecule has 2 aromatic rings. The number of hydrogen-bond donors (Lipinski definition) is 1. The molecule has 0 saturated carbocycles. The molecule has 78 valence electrons. The van der Waals surface area contributed by atoms with E-state index in [4.69, 9.17) is 10.2 Å². The Balaban J connectivity index is 2.55. The largest absolute Gasteiger partial charge is 0.441 e. The summed E-state index contributed by atoms with van der Waals surface area (Å²) in [5, 5.41) is 0. The van der Waals surface area contributed by atoms with Gasteiger partial charge in [-0.05, 0) is 24.6 Å². The summed E-state index contributed by atoms with van der Waals surface area (Å²) < 4.78 is 18.4. The van der Waals surface area contributed by atoms with Gasteiger partial charge in [0.15, 0.2) is 0 Å². The van der Waals surface area contributed by atoms with Crippen molar-refractivity contribution < 1.29 is 8.81 Å². The first-order chi connectivity index (χ1) is 7.20. The molecule has 0 saturated heterocycles. The van der Waals surface area contributed by atoms with Gasteiger partial charge in [0.25, 0.3) is 0 Å². The highest BCUT2D eigenvalue weighted by Gasteiger charge is 2.10. The Labute approximate surface area is 86.7 Å². The van der Waals surface area contributed by atoms with Crippen molar-refractivity contribution in [1.29, 1.82) is 0 Å². The third kappa shape index (κ3) is 1.89. The van der Waals surface area contributed by atoms with Gasteiger partial charge in [-0.2, -0.15) is 0 Å². The van der Waals surface area contributed by atoms with Gasteiger partial charge in [0, 0.05) is 12.1 Å². The zero-order chi connectivity index (χ0) is 10.8. The van der Waals surface area contributed by atoms with Crippen LogP contribution in [0.4, 0.5) is 4.39 Å². The Morgan fingerprint density at radius 3 is 2.87 bits per heavy atom. The number of aromatic nitrogens is 1. The van der Waals surface area contributed by atoms with Gasteiger partial charge < -0.3 is 10.2 Å². The van der Waals surface area contributed by atoms with E-state index in [0.29, 0.717) is 23.8 Å². The van der Waals surface area contributed by atoms with Gasteiger partial charge in [0.05, 0.1) is 6.20 Å². The van der Waals surface area contributed by atoms with Crippen LogP contribution in [-0.2, 0) is 6.54 Å². The molecule has 2 rings (SSSR count). The maximum atomic E-state index is 13.1. The van der Waals surface area contributed by atoms with Crippen LogP contribution >= 0.6 is 0 Å². The number of rotatable bonds is 2. The van der Waals surface area contributed by atoms with Crippen molar-refractivity contribution >= 4 is 0 Å². The minimum atomic E-state index is -0.321. The van der Waals surface area contributed by atoms with Crippen molar-refractivity contribution in [2.24, 2.45) is 5.73 Å². The number of halogens is 1. The lowest BCUT2D eigenvalue weighted by Gasteiger charge is -2.03. The Hall–Kier alpha value is -1.68. The Kier molecular flexibility index (Phi) is 2.51. The Bertz CT molecular complexity index is 479. The van der Waals surface area contributed by atoms with E-state index >= 15 is 0 Å². The molecule has 0 radical (unpaired) electrons. The molecule has 0 fully saturated rings. The van der Waals surface area contributed by atoms with Crippen LogP contribution in [0, 0.1) is 12.7 Å². The van der Waals surface area contributed by atoms with E-state index in [2.05, 4.69) is 4.98 Å². The van der Waals surface area contributed by atoms with Crippen LogP contribution in [-0.4, -0.2) is 4.98 Å². The van der Waals surface area contributed by atoms with Gasteiger partial charge in [0.1, 0.15) is 11.6 Å². The molecule has 4 heteroatoms. The maximum Gasteiger partial charge on any atom is 0.226 e. The zero-order valence-corrected chi connectivity index (χ0v) is 8.33. The molecule has 1 aromatic carbocycles. The first-order valence-corrected chi connectivity index (χ1v) is 4.62. The van der Waals surface area contributed by atoms with Crippen molar-refractivity contribution in [2.75, 3.05) is 0 Å². The minimum absolute atomic E-state index is 0.321. The second-order valence-electron chi connectivity index (χ2n) is 3.28. The van der Waals surface area contributed by atoms with Crippen molar-refractivity contribution in [1.82, 2.24) is 4.98 Å². The van der Waals surface area contributed by atoms with E-state index in [1.165, 1.54) is 12.1 Å². The standard InChI is InChI=1S/C11H11FN2O/c1-7-6-14-11(15-7)10-4-9(12)3-2-8(10)5-13/h2-4,6H,5,13H2,1H3. The van der Waals surface area contributed by atoms with Gasteiger partial charge in [-0.15, -0.1) is 0 Å². The van der Waals surface area contributed by atoms with E-state index < -0.39 is 0 Å². The average molecular weight is 206 g/mol. The molecule has 3 nitrogen and oxygen atoms in total. The molecule has 0 amide bonds. The van der Waals surface area contributed by atoms with E-state index in [0.717, 1.165) is 5.56 Å². The van der Waals surface area contributed by atoms with Gasteiger partial charge in [-0.3, -0.25) is 0 Å². The monoisotopic (exact) mass is 206 g/mol. The number of nitrogens with zero attached hydrogens (tertiary/aromatic N) is 1. The van der Waals surface area contributed by atoms with Crippen LogP contribution in [0.25, 0.3) is 11.5 Å². The zero-order valence-electron chi connectivity index (χ0n) is 8.33. The SMILES string of the molecule is Cc1cnc(-c2cc(F)ccc2CN)o1. The highest BCUT2D eigenvalue weighted by atomic mass is 19.1. The highest BCUT2D eigenvalue weighted by Crippen LogP contribution is 2.23. The van der Waals surface area contributed by atoms with E-state index in [1.54, 1.807) is 19.2 Å². The molecule has 0 aliphatic rings. The summed E-state index contributed by atoms with van der Waals surface area (Å²) in [7, 11) is 0. The van der Waals surface area contributed by atoms with Crippen molar-refractivity contribution in [3.63, 3.8) is 0 Å². The molecule has 0 spiro atoms. The molecule has 0 bridgehead atoms. The first kappa shape index (κ1) is 9.86. The van der Waals surface area contributed by atoms with Crippen LogP contribution in [0.3, 0.4) is 0 Å². The van der Waals surface area contributed by atoms with E-state index in [-0.39, 0.29) is 5.82 Å². The first-order valence-electron chi connectivity index (χ1n) is 4.62. The molecule has 0 atom stereocenters. The van der Waals surface area contributed by atoms with Crippen molar-refractivity contribution in [2.45, 2.75) is 13.5 Å². The summed E-state index contributed by atoms with van der Waals surface area (Å²) in [5.41, 5.74) is 6.99. The summed E-state index contributed by atoms with van der Waals surface area (Å²) in [5.74, 6) is 0.780. The number of benzene rings is 1. The third-order valence-electron chi connectivity index (χ3n) is 2.14. The van der Waals surface area contributed by atoms with Gasteiger partial charge in [0.2, 0.25) is 5.89 Å². The topological polar surface area (TPSA) is 52.0 Å². The summed E-state index contributed by atoms with van der Waals surface area (Å²) in [4.78, 5) is 4.05. The smallest absolute Gasteiger partial charge is 0.226 e. The summed E-state index contributed by atoms with van der Waals surface area (Å²) in [6, 6.07) is 4.40. The van der Waals surface area contributed by atoms with Crippen LogP contribution in [0.2, 0.25) is 0 Å². The number of aryl methyl sites for hydroxylation is 1. The second-order valence-corrected chi connectivity index (χ2v) is 3.28. The summed E-state index contributed by atoms with van der Waals surface area (Å²) in [6.07, 6.45) is 1.60. The van der Waals surface area contributed by atoms with Crippen LogP contribution in [0.5, 0.6) is 0 Å². The van der Waals surface area contributed by atoms with Crippen LogP contribution < -0.4 is 5.73 Å². The predicted octanol–water partition coefficient (Wildman–Crippen LogP) is 2.25. The van der Waals surface area contributed by atoms with Gasteiger partial charge in [-0.1, -0.05) is 6.07 Å². The molecular weight excluding hydrogens is 195 g/mol. The average Bonchev–Trinajstić information content (AvgIpc) is 2.65. The fourth-order valence-electron chi connectivity index (χ4n) is 1.41. The lowest BCUT2D eigenvalue weighted by atomic mass is 10.1. The fraction of sp³-hybridized carbons (Fsp3) is 0.182. The molecule has 1 aromatic heterocycles. The van der Waals surface area contributed by atoms with E-state index in [1.807, 2.05) is 0 Å². The van der Waals surface area contributed by atoms with Crippen LogP contribution in [0.1, 0.15) is 11.3 Å². The molecular formula is C11H11FN2O. The maximum absolute atomic E-state index is 13.1. The molecule has 1 heterocycles. The summed E-state index contributed by atoms with van der Waals surface area (Å²) >= 11 is 0. The normalized spacial score (nSPS) is 10.6. The number of oxazole rings is 1. The molecule has 15 heavy (non-hydrogen) atoms. The summed E-state index contributed by atoms with van der Waals surface area (Å²) in [6.45, 7) is 2.12.